The van der Waals surface area contributed by atoms with Crippen molar-refractivity contribution in [3.63, 3.8) is 0 Å². The fourth-order valence-corrected chi connectivity index (χ4v) is 0. The first kappa shape index (κ1) is 24.1. The van der Waals surface area contributed by atoms with Crippen molar-refractivity contribution in [3.8, 4) is 0 Å². The van der Waals surface area contributed by atoms with Gasteiger partial charge in [-0.1, -0.05) is 0 Å². The SMILES string of the molecule is C[PH](C)(C)C.F.F.F. The van der Waals surface area contributed by atoms with Gasteiger partial charge in [-0.15, -0.1) is 0 Å². The Morgan fingerprint density at radius 1 is 0.625 bits per heavy atom. The first-order valence-electron chi connectivity index (χ1n) is 2.00. The van der Waals surface area contributed by atoms with E-state index >= 15 is 0 Å². The van der Waals surface area contributed by atoms with Gasteiger partial charge in [0.05, 0.1) is 0 Å². The van der Waals surface area contributed by atoms with E-state index in [1.165, 1.54) is 0 Å². The summed E-state index contributed by atoms with van der Waals surface area (Å²) in [5.74, 6) is 0. The van der Waals surface area contributed by atoms with E-state index in [2.05, 4.69) is 26.7 Å². The summed E-state index contributed by atoms with van der Waals surface area (Å²) in [6.07, 6.45) is 0. The van der Waals surface area contributed by atoms with Gasteiger partial charge in [0, 0.05) is 0 Å². The molecule has 0 aromatic heterocycles. The molecular weight excluding hydrogens is 136 g/mol. The third kappa shape index (κ3) is 3500. The summed E-state index contributed by atoms with van der Waals surface area (Å²) in [6, 6.07) is 0. The third-order valence-electron chi connectivity index (χ3n) is 0. The molecule has 0 aromatic carbocycles. The Bertz CT molecular complexity index is 26.8. The van der Waals surface area contributed by atoms with Crippen LogP contribution in [0.25, 0.3) is 0 Å². The predicted molar refractivity (Wildman–Crippen MR) is 39.5 cm³/mol. The van der Waals surface area contributed by atoms with Crippen LogP contribution in [0.3, 0.4) is 0 Å². The molecule has 0 radical (unpaired) electrons. The molecule has 0 saturated carbocycles. The van der Waals surface area contributed by atoms with Crippen molar-refractivity contribution in [2.45, 2.75) is 0 Å². The summed E-state index contributed by atoms with van der Waals surface area (Å²) in [5.41, 5.74) is 0. The van der Waals surface area contributed by atoms with E-state index in [9.17, 15) is 0 Å². The van der Waals surface area contributed by atoms with Gasteiger partial charge in [0.2, 0.25) is 0 Å². The molecule has 0 bridgehead atoms. The Kier molecular flexibility index (Phi) is 21.7. The van der Waals surface area contributed by atoms with Crippen LogP contribution in [0.15, 0.2) is 0 Å². The fourth-order valence-electron chi connectivity index (χ4n) is 0. The molecule has 0 atom stereocenters. The maximum absolute atomic E-state index is 2.33. The van der Waals surface area contributed by atoms with Crippen molar-refractivity contribution in [3.05, 3.63) is 0 Å². The molecule has 0 N–H and O–H groups in total. The zero-order chi connectivity index (χ0) is 4.50. The molecule has 0 aliphatic carbocycles. The van der Waals surface area contributed by atoms with Gasteiger partial charge in [-0.3, -0.25) is 14.1 Å². The largest absolute Gasteiger partial charge is 0.269 e. The quantitative estimate of drug-likeness (QED) is 0.463. The van der Waals surface area contributed by atoms with E-state index in [-0.39, 0.29) is 14.1 Å². The molecule has 0 unspecified atom stereocenters. The van der Waals surface area contributed by atoms with Crippen LogP contribution in [0.5, 0.6) is 0 Å². The van der Waals surface area contributed by atoms with Crippen molar-refractivity contribution >= 4 is 7.26 Å². The molecule has 0 aliphatic rings. The van der Waals surface area contributed by atoms with Gasteiger partial charge < -0.3 is 0 Å². The van der Waals surface area contributed by atoms with Crippen LogP contribution < -0.4 is 0 Å². The topological polar surface area (TPSA) is 0 Å². The zero-order valence-electron chi connectivity index (χ0n) is 5.72. The first-order chi connectivity index (χ1) is 2.00. The molecule has 58 valence electrons. The number of hydrogen-bond acceptors (Lipinski definition) is 0. The van der Waals surface area contributed by atoms with Gasteiger partial charge >= 0.3 is 33.9 Å². The molecule has 8 heavy (non-hydrogen) atoms. The number of hydrogen-bond donors (Lipinski definition) is 0. The summed E-state index contributed by atoms with van der Waals surface area (Å²) in [4.78, 5) is 0. The molecule has 0 spiro atoms. The van der Waals surface area contributed by atoms with Crippen LogP contribution >= 0.6 is 7.26 Å². The molecule has 0 fully saturated rings. The summed E-state index contributed by atoms with van der Waals surface area (Å²) in [7, 11) is -0.611. The van der Waals surface area contributed by atoms with Gasteiger partial charge in [-0.2, -0.15) is 0 Å². The Balaban J connectivity index is -0.0000000267. The summed E-state index contributed by atoms with van der Waals surface area (Å²) >= 11 is 0. The second kappa shape index (κ2) is 7.22. The standard InChI is InChI=1S/C4H13P.3FH/c1-5(2,3)4;;;/h5H,1-4H3;3*1H. The normalized spacial score (nSPS) is 9.50. The van der Waals surface area contributed by atoms with Gasteiger partial charge in [0.25, 0.3) is 0 Å². The van der Waals surface area contributed by atoms with E-state index < -0.39 is 7.26 Å². The third-order valence-corrected chi connectivity index (χ3v) is 0. The Labute approximate surface area is 49.1 Å². The predicted octanol–water partition coefficient (Wildman–Crippen LogP) is 1.71. The average molecular weight is 152 g/mol. The molecule has 4 heteroatoms. The molecule has 0 aromatic rings. The van der Waals surface area contributed by atoms with E-state index in [0.29, 0.717) is 0 Å². The molecule has 0 aliphatic heterocycles. The van der Waals surface area contributed by atoms with E-state index in [1.807, 2.05) is 0 Å². The van der Waals surface area contributed by atoms with E-state index in [4.69, 9.17) is 0 Å². The minimum atomic E-state index is -0.611. The van der Waals surface area contributed by atoms with Crippen molar-refractivity contribution < 1.29 is 14.1 Å². The monoisotopic (exact) mass is 152 g/mol. The van der Waals surface area contributed by atoms with Gasteiger partial charge in [-0.05, 0) is 0 Å². The molecule has 0 nitrogen and oxygen atoms in total. The Morgan fingerprint density at radius 2 is 0.625 bits per heavy atom. The zero-order valence-corrected chi connectivity index (χ0v) is 6.72. The van der Waals surface area contributed by atoms with Gasteiger partial charge in [0.15, 0.2) is 0 Å². The van der Waals surface area contributed by atoms with Crippen LogP contribution in [-0.4, -0.2) is 26.7 Å². The van der Waals surface area contributed by atoms with Crippen LogP contribution in [0.2, 0.25) is 0 Å². The van der Waals surface area contributed by atoms with Crippen LogP contribution in [0.4, 0.5) is 14.1 Å². The van der Waals surface area contributed by atoms with Gasteiger partial charge in [-0.25, -0.2) is 0 Å². The number of rotatable bonds is 0. The smallest absolute Gasteiger partial charge is 0.269 e. The molecule has 0 heterocycles. The number of halogens is 3. The van der Waals surface area contributed by atoms with Crippen molar-refractivity contribution in [2.24, 2.45) is 0 Å². The van der Waals surface area contributed by atoms with E-state index in [1.54, 1.807) is 0 Å². The molecule has 0 amide bonds. The first-order valence-corrected chi connectivity index (χ1v) is 6.00. The van der Waals surface area contributed by atoms with Crippen LogP contribution in [-0.2, 0) is 0 Å². The molecule has 0 saturated heterocycles. The van der Waals surface area contributed by atoms with Crippen molar-refractivity contribution in [2.75, 3.05) is 26.7 Å². The van der Waals surface area contributed by atoms with Crippen molar-refractivity contribution in [1.29, 1.82) is 0 Å². The van der Waals surface area contributed by atoms with Crippen LogP contribution in [0, 0.1) is 0 Å². The average Bonchev–Trinajstić information content (AvgIpc) is 0.722. The summed E-state index contributed by atoms with van der Waals surface area (Å²) in [6.45, 7) is 9.31. The Morgan fingerprint density at radius 3 is 0.625 bits per heavy atom. The fraction of sp³-hybridized carbons (Fsp3) is 1.00. The second-order valence-electron chi connectivity index (χ2n) is 3.00. The maximum Gasteiger partial charge on any atom is -0.269 e. The second-order valence-corrected chi connectivity index (χ2v) is 9.00. The maximum atomic E-state index is 2.33. The van der Waals surface area contributed by atoms with Crippen molar-refractivity contribution in [1.82, 2.24) is 0 Å². The molecule has 0 rings (SSSR count). The minimum absolute atomic E-state index is 0. The molecular formula is C4H16F3P. The minimum Gasteiger partial charge on any atom is -0.269 e. The van der Waals surface area contributed by atoms with E-state index in [0.717, 1.165) is 0 Å². The van der Waals surface area contributed by atoms with Crippen LogP contribution in [0.1, 0.15) is 0 Å². The summed E-state index contributed by atoms with van der Waals surface area (Å²) in [5, 5.41) is 0. The summed E-state index contributed by atoms with van der Waals surface area (Å²) < 4.78 is 0. The van der Waals surface area contributed by atoms with Gasteiger partial charge in [0.1, 0.15) is 0 Å². The Hall–Kier alpha value is 0.220.